The van der Waals surface area contributed by atoms with Crippen molar-refractivity contribution in [3.8, 4) is 5.75 Å². The Morgan fingerprint density at radius 2 is 1.63 bits per heavy atom. The molecule has 2 saturated heterocycles. The highest BCUT2D eigenvalue weighted by Gasteiger charge is 2.28. The number of pyridine rings is 1. The van der Waals surface area contributed by atoms with E-state index >= 15 is 0 Å². The van der Waals surface area contributed by atoms with Crippen molar-refractivity contribution in [3.05, 3.63) is 54.4 Å². The Morgan fingerprint density at radius 3 is 2.33 bits per heavy atom. The predicted octanol–water partition coefficient (Wildman–Crippen LogP) is 2.94. The number of amides is 1. The van der Waals surface area contributed by atoms with Crippen LogP contribution in [0, 0.1) is 0 Å². The van der Waals surface area contributed by atoms with Crippen molar-refractivity contribution < 1.29 is 17.9 Å². The molecule has 30 heavy (non-hydrogen) atoms. The molecule has 0 spiro atoms. The highest BCUT2D eigenvalue weighted by atomic mass is 32.2. The summed E-state index contributed by atoms with van der Waals surface area (Å²) in [6.07, 6.45) is 7.91. The molecular formula is C22H27N3O4S. The lowest BCUT2D eigenvalue weighted by Gasteiger charge is -2.33. The predicted molar refractivity (Wildman–Crippen MR) is 113 cm³/mol. The molecule has 1 atom stereocenters. The van der Waals surface area contributed by atoms with Crippen LogP contribution in [0.15, 0.2) is 53.7 Å². The number of likely N-dealkylation sites (tertiary alicyclic amines) is 1. The summed E-state index contributed by atoms with van der Waals surface area (Å²) in [5, 5.41) is 0. The molecule has 0 N–H and O–H groups in total. The van der Waals surface area contributed by atoms with Gasteiger partial charge in [0, 0.05) is 37.6 Å². The molecule has 1 aromatic carbocycles. The molecule has 0 radical (unpaired) electrons. The zero-order valence-corrected chi connectivity index (χ0v) is 17.8. The fourth-order valence-corrected chi connectivity index (χ4v) is 5.55. The number of carbonyl (C=O) groups is 1. The van der Waals surface area contributed by atoms with E-state index in [4.69, 9.17) is 4.74 Å². The molecule has 0 aliphatic carbocycles. The van der Waals surface area contributed by atoms with Crippen LogP contribution in [0.4, 0.5) is 0 Å². The highest BCUT2D eigenvalue weighted by molar-refractivity contribution is 7.89. The summed E-state index contributed by atoms with van der Waals surface area (Å²) < 4.78 is 33.1. The molecule has 1 unspecified atom stereocenters. The van der Waals surface area contributed by atoms with Gasteiger partial charge in [0.25, 0.3) is 5.91 Å². The molecule has 3 heterocycles. The summed E-state index contributed by atoms with van der Waals surface area (Å²) in [6.45, 7) is 2.31. The first-order valence-electron chi connectivity index (χ1n) is 10.5. The lowest BCUT2D eigenvalue weighted by atomic mass is 10.1. The first kappa shape index (κ1) is 20.8. The first-order chi connectivity index (χ1) is 14.5. The van der Waals surface area contributed by atoms with Crippen molar-refractivity contribution in [2.45, 2.75) is 43.1 Å². The van der Waals surface area contributed by atoms with E-state index in [0.717, 1.165) is 37.9 Å². The third-order valence-corrected chi connectivity index (χ3v) is 7.58. The Bertz CT molecular complexity index is 958. The van der Waals surface area contributed by atoms with Crippen LogP contribution in [0.25, 0.3) is 0 Å². The normalized spacial score (nSPS) is 20.7. The van der Waals surface area contributed by atoms with Crippen LogP contribution in [-0.4, -0.2) is 60.8 Å². The second-order valence-corrected chi connectivity index (χ2v) is 9.74. The van der Waals surface area contributed by atoms with E-state index in [0.29, 0.717) is 31.7 Å². The van der Waals surface area contributed by atoms with E-state index in [1.807, 2.05) is 12.1 Å². The maximum Gasteiger partial charge on any atom is 0.253 e. The third kappa shape index (κ3) is 4.65. The molecule has 2 aliphatic heterocycles. The van der Waals surface area contributed by atoms with E-state index < -0.39 is 10.0 Å². The monoisotopic (exact) mass is 429 g/mol. The smallest absolute Gasteiger partial charge is 0.253 e. The molecular weight excluding hydrogens is 402 g/mol. The number of aromatic nitrogens is 1. The number of rotatable bonds is 5. The van der Waals surface area contributed by atoms with Crippen molar-refractivity contribution >= 4 is 15.9 Å². The standard InChI is InChI=1S/C22H27N3O4S/c26-22(24-14-4-5-20(17-24)29-19-10-12-23-13-11-19)18-6-8-21(9-7-18)30(27,28)25-15-2-1-3-16-25/h6-13,20H,1-5,14-17H2. The molecule has 1 aromatic heterocycles. The first-order valence-corrected chi connectivity index (χ1v) is 11.9. The van der Waals surface area contributed by atoms with Crippen LogP contribution >= 0.6 is 0 Å². The van der Waals surface area contributed by atoms with Gasteiger partial charge in [-0.05, 0) is 62.1 Å². The summed E-state index contributed by atoms with van der Waals surface area (Å²) in [5.41, 5.74) is 0.497. The van der Waals surface area contributed by atoms with Crippen LogP contribution in [0.5, 0.6) is 5.75 Å². The summed E-state index contributed by atoms with van der Waals surface area (Å²) in [4.78, 5) is 19.0. The molecule has 7 nitrogen and oxygen atoms in total. The lowest BCUT2D eigenvalue weighted by molar-refractivity contribution is 0.0537. The fourth-order valence-electron chi connectivity index (χ4n) is 4.03. The van der Waals surface area contributed by atoms with Gasteiger partial charge in [0.2, 0.25) is 10.0 Å². The molecule has 0 saturated carbocycles. The summed E-state index contributed by atoms with van der Waals surface area (Å²) in [5.74, 6) is 0.650. The third-order valence-electron chi connectivity index (χ3n) is 5.67. The second-order valence-electron chi connectivity index (χ2n) is 7.81. The van der Waals surface area contributed by atoms with Gasteiger partial charge < -0.3 is 9.64 Å². The van der Waals surface area contributed by atoms with E-state index in [2.05, 4.69) is 4.98 Å². The van der Waals surface area contributed by atoms with Crippen LogP contribution in [-0.2, 0) is 10.0 Å². The largest absolute Gasteiger partial charge is 0.488 e. The van der Waals surface area contributed by atoms with Crippen molar-refractivity contribution in [3.63, 3.8) is 0 Å². The number of benzene rings is 1. The Kier molecular flexibility index (Phi) is 6.34. The number of piperidine rings is 2. The average Bonchev–Trinajstić information content (AvgIpc) is 2.80. The molecule has 160 valence electrons. The molecule has 2 aromatic rings. The summed E-state index contributed by atoms with van der Waals surface area (Å²) >= 11 is 0. The minimum absolute atomic E-state index is 0.0659. The minimum Gasteiger partial charge on any atom is -0.488 e. The lowest BCUT2D eigenvalue weighted by Crippen LogP contribution is -2.44. The molecule has 4 rings (SSSR count). The molecule has 8 heteroatoms. The van der Waals surface area contributed by atoms with Gasteiger partial charge in [0.05, 0.1) is 11.4 Å². The number of carbonyl (C=O) groups excluding carboxylic acids is 1. The van der Waals surface area contributed by atoms with E-state index in [1.165, 1.54) is 0 Å². The number of nitrogens with zero attached hydrogens (tertiary/aromatic N) is 3. The Balaban J connectivity index is 1.41. The Labute approximate surface area is 177 Å². The molecule has 1 amide bonds. The van der Waals surface area contributed by atoms with Gasteiger partial charge in [-0.25, -0.2) is 8.42 Å². The van der Waals surface area contributed by atoms with Crippen molar-refractivity contribution in [1.82, 2.24) is 14.2 Å². The van der Waals surface area contributed by atoms with Crippen LogP contribution < -0.4 is 4.74 Å². The van der Waals surface area contributed by atoms with Gasteiger partial charge in [0.1, 0.15) is 11.9 Å². The number of hydrogen-bond donors (Lipinski definition) is 0. The van der Waals surface area contributed by atoms with Gasteiger partial charge in [-0.2, -0.15) is 4.31 Å². The van der Waals surface area contributed by atoms with E-state index in [-0.39, 0.29) is 16.9 Å². The number of hydrogen-bond acceptors (Lipinski definition) is 5. The minimum atomic E-state index is -3.49. The van der Waals surface area contributed by atoms with Gasteiger partial charge in [0.15, 0.2) is 0 Å². The van der Waals surface area contributed by atoms with Crippen molar-refractivity contribution in [2.75, 3.05) is 26.2 Å². The Morgan fingerprint density at radius 1 is 0.933 bits per heavy atom. The van der Waals surface area contributed by atoms with Gasteiger partial charge in [-0.15, -0.1) is 0 Å². The van der Waals surface area contributed by atoms with Crippen LogP contribution in [0.2, 0.25) is 0 Å². The molecule has 2 fully saturated rings. The maximum absolute atomic E-state index is 13.0. The molecule has 2 aliphatic rings. The maximum atomic E-state index is 13.0. The van der Waals surface area contributed by atoms with Crippen LogP contribution in [0.3, 0.4) is 0 Å². The van der Waals surface area contributed by atoms with E-state index in [9.17, 15) is 13.2 Å². The number of sulfonamides is 1. The zero-order chi connectivity index (χ0) is 21.0. The van der Waals surface area contributed by atoms with Crippen molar-refractivity contribution in [2.24, 2.45) is 0 Å². The van der Waals surface area contributed by atoms with Gasteiger partial charge in [-0.1, -0.05) is 6.42 Å². The fraction of sp³-hybridized carbons (Fsp3) is 0.455. The second kappa shape index (κ2) is 9.14. The topological polar surface area (TPSA) is 79.8 Å². The van der Waals surface area contributed by atoms with E-state index in [1.54, 1.807) is 45.9 Å². The number of ether oxygens (including phenoxy) is 1. The average molecular weight is 430 g/mol. The van der Waals surface area contributed by atoms with Crippen LogP contribution in [0.1, 0.15) is 42.5 Å². The highest BCUT2D eigenvalue weighted by Crippen LogP contribution is 2.23. The summed E-state index contributed by atoms with van der Waals surface area (Å²) in [6, 6.07) is 9.95. The quantitative estimate of drug-likeness (QED) is 0.730. The van der Waals surface area contributed by atoms with Crippen molar-refractivity contribution in [1.29, 1.82) is 0 Å². The van der Waals surface area contributed by atoms with Gasteiger partial charge in [-0.3, -0.25) is 9.78 Å². The SMILES string of the molecule is O=C(c1ccc(S(=O)(=O)N2CCCCC2)cc1)N1CCCC(Oc2ccncc2)C1. The van der Waals surface area contributed by atoms with Gasteiger partial charge >= 0.3 is 0 Å². The summed E-state index contributed by atoms with van der Waals surface area (Å²) in [7, 11) is -3.49. The Hall–Kier alpha value is -2.45. The zero-order valence-electron chi connectivity index (χ0n) is 16.9. The molecule has 0 bridgehead atoms.